The molecule has 4 aromatic heterocycles. The van der Waals surface area contributed by atoms with Crippen LogP contribution >= 0.6 is 0 Å². The summed E-state index contributed by atoms with van der Waals surface area (Å²) in [5.41, 5.74) is 3.07. The summed E-state index contributed by atoms with van der Waals surface area (Å²) >= 11 is 0. The topological polar surface area (TPSA) is 121 Å². The molecule has 4 aromatic rings. The van der Waals surface area contributed by atoms with E-state index < -0.39 is 0 Å². The van der Waals surface area contributed by atoms with Gasteiger partial charge in [-0.2, -0.15) is 15.5 Å². The molecular formula is C16H14N8O. The number of fused-ring (bicyclic) bond motifs is 1. The highest BCUT2D eigenvalue weighted by Crippen LogP contribution is 2.28. The van der Waals surface area contributed by atoms with Gasteiger partial charge in [0.2, 0.25) is 0 Å². The average molecular weight is 334 g/mol. The average Bonchev–Trinajstić information content (AvgIpc) is 3.34. The summed E-state index contributed by atoms with van der Waals surface area (Å²) in [6.07, 6.45) is 6.36. The van der Waals surface area contributed by atoms with Gasteiger partial charge in [-0.1, -0.05) is 0 Å². The molecule has 0 amide bonds. The zero-order valence-electron chi connectivity index (χ0n) is 13.6. The quantitative estimate of drug-likeness (QED) is 0.588. The third-order valence-electron chi connectivity index (χ3n) is 3.72. The molecule has 9 nitrogen and oxygen atoms in total. The lowest BCUT2D eigenvalue weighted by Crippen LogP contribution is -2.06. The molecule has 25 heavy (non-hydrogen) atoms. The van der Waals surface area contributed by atoms with Gasteiger partial charge in [0.15, 0.2) is 17.3 Å². The Morgan fingerprint density at radius 1 is 1.32 bits per heavy atom. The van der Waals surface area contributed by atoms with E-state index in [0.29, 0.717) is 34.1 Å². The zero-order chi connectivity index (χ0) is 17.4. The van der Waals surface area contributed by atoms with E-state index in [9.17, 15) is 5.26 Å². The van der Waals surface area contributed by atoms with Crippen LogP contribution in [0.25, 0.3) is 22.4 Å². The van der Waals surface area contributed by atoms with Gasteiger partial charge in [0.1, 0.15) is 23.4 Å². The van der Waals surface area contributed by atoms with Crippen molar-refractivity contribution in [1.29, 1.82) is 5.26 Å². The number of aromatic amines is 1. The Morgan fingerprint density at radius 2 is 2.20 bits per heavy atom. The SMILES string of the molecule is CC(C)n1ncc(Nc2nc(-c3ccoc3)nc3cn[nH]c23)c1C#N. The van der Waals surface area contributed by atoms with Crippen LogP contribution < -0.4 is 5.32 Å². The number of H-pyrrole nitrogens is 1. The normalized spacial score (nSPS) is 11.1. The van der Waals surface area contributed by atoms with E-state index in [4.69, 9.17) is 4.42 Å². The Kier molecular flexibility index (Phi) is 3.43. The van der Waals surface area contributed by atoms with E-state index >= 15 is 0 Å². The summed E-state index contributed by atoms with van der Waals surface area (Å²) in [6, 6.07) is 4.04. The van der Waals surface area contributed by atoms with Gasteiger partial charge in [0.05, 0.1) is 29.9 Å². The van der Waals surface area contributed by atoms with Crippen LogP contribution in [-0.2, 0) is 0 Å². The molecule has 0 aliphatic carbocycles. The van der Waals surface area contributed by atoms with E-state index in [1.54, 1.807) is 35.7 Å². The summed E-state index contributed by atoms with van der Waals surface area (Å²) in [5.74, 6) is 1.01. The van der Waals surface area contributed by atoms with Crippen LogP contribution in [-0.4, -0.2) is 29.9 Å². The van der Waals surface area contributed by atoms with Gasteiger partial charge in [-0.25, -0.2) is 9.97 Å². The van der Waals surface area contributed by atoms with Crippen molar-refractivity contribution in [2.24, 2.45) is 0 Å². The van der Waals surface area contributed by atoms with Crippen LogP contribution in [0.3, 0.4) is 0 Å². The summed E-state index contributed by atoms with van der Waals surface area (Å²) < 4.78 is 6.76. The van der Waals surface area contributed by atoms with Crippen molar-refractivity contribution in [2.45, 2.75) is 19.9 Å². The second-order valence-corrected chi connectivity index (χ2v) is 5.72. The van der Waals surface area contributed by atoms with Crippen molar-refractivity contribution >= 4 is 22.5 Å². The second-order valence-electron chi connectivity index (χ2n) is 5.72. The minimum absolute atomic E-state index is 0.0734. The highest BCUT2D eigenvalue weighted by atomic mass is 16.3. The fraction of sp³-hybridized carbons (Fsp3) is 0.188. The van der Waals surface area contributed by atoms with Gasteiger partial charge < -0.3 is 9.73 Å². The standard InChI is InChI=1S/C16H14N8O/c1-9(2)24-13(5-17)11(7-19-24)20-16-14-12(6-18-23-14)21-15(22-16)10-3-4-25-8-10/h3-4,6-9H,1-2H3,(H,18,23)(H,20,21,22). The smallest absolute Gasteiger partial charge is 0.165 e. The monoisotopic (exact) mass is 334 g/mol. The Labute approximate surface area is 142 Å². The second kappa shape index (κ2) is 5.76. The fourth-order valence-electron chi connectivity index (χ4n) is 2.54. The highest BCUT2D eigenvalue weighted by molar-refractivity contribution is 5.88. The molecule has 0 fully saturated rings. The minimum Gasteiger partial charge on any atom is -0.472 e. The largest absolute Gasteiger partial charge is 0.472 e. The van der Waals surface area contributed by atoms with Crippen molar-refractivity contribution < 1.29 is 4.42 Å². The van der Waals surface area contributed by atoms with Gasteiger partial charge in [-0.05, 0) is 19.9 Å². The summed E-state index contributed by atoms with van der Waals surface area (Å²) in [6.45, 7) is 3.93. The molecule has 0 bridgehead atoms. The van der Waals surface area contributed by atoms with E-state index in [2.05, 4.69) is 36.7 Å². The first-order valence-electron chi connectivity index (χ1n) is 7.65. The Balaban J connectivity index is 1.82. The lowest BCUT2D eigenvalue weighted by Gasteiger charge is -2.09. The molecule has 0 aromatic carbocycles. The van der Waals surface area contributed by atoms with E-state index in [-0.39, 0.29) is 6.04 Å². The van der Waals surface area contributed by atoms with Gasteiger partial charge in [0.25, 0.3) is 0 Å². The Morgan fingerprint density at radius 3 is 2.92 bits per heavy atom. The minimum atomic E-state index is 0.0734. The summed E-state index contributed by atoms with van der Waals surface area (Å²) in [5, 5.41) is 23.8. The number of nitrogens with one attached hydrogen (secondary N) is 2. The molecule has 124 valence electrons. The first-order valence-corrected chi connectivity index (χ1v) is 7.65. The van der Waals surface area contributed by atoms with Gasteiger partial charge in [0, 0.05) is 6.04 Å². The molecule has 0 unspecified atom stereocenters. The summed E-state index contributed by atoms with van der Waals surface area (Å²) in [7, 11) is 0. The first kappa shape index (κ1) is 14.9. The number of nitrogens with zero attached hydrogens (tertiary/aromatic N) is 6. The molecule has 4 rings (SSSR count). The molecule has 0 spiro atoms. The Bertz CT molecular complexity index is 1070. The molecule has 0 aliphatic heterocycles. The van der Waals surface area contributed by atoms with Crippen LogP contribution in [0.4, 0.5) is 11.5 Å². The van der Waals surface area contributed by atoms with Crippen LogP contribution in [0.15, 0.2) is 35.4 Å². The van der Waals surface area contributed by atoms with Crippen molar-refractivity contribution in [3.8, 4) is 17.5 Å². The predicted molar refractivity (Wildman–Crippen MR) is 90.0 cm³/mol. The van der Waals surface area contributed by atoms with Crippen LogP contribution in [0.1, 0.15) is 25.6 Å². The highest BCUT2D eigenvalue weighted by Gasteiger charge is 2.17. The van der Waals surface area contributed by atoms with E-state index in [1.807, 2.05) is 13.8 Å². The molecule has 0 atom stereocenters. The van der Waals surface area contributed by atoms with Crippen LogP contribution in [0.5, 0.6) is 0 Å². The number of hydrogen-bond donors (Lipinski definition) is 2. The maximum atomic E-state index is 9.48. The van der Waals surface area contributed by atoms with Crippen molar-refractivity contribution in [3.63, 3.8) is 0 Å². The lowest BCUT2D eigenvalue weighted by molar-refractivity contribution is 0.527. The number of furan rings is 1. The number of nitriles is 1. The maximum absolute atomic E-state index is 9.48. The van der Waals surface area contributed by atoms with E-state index in [0.717, 1.165) is 5.56 Å². The molecule has 0 radical (unpaired) electrons. The first-order chi connectivity index (χ1) is 12.2. The third kappa shape index (κ3) is 2.49. The van der Waals surface area contributed by atoms with E-state index in [1.165, 1.54) is 0 Å². The molecule has 4 heterocycles. The van der Waals surface area contributed by atoms with Gasteiger partial charge in [-0.15, -0.1) is 0 Å². The number of anilines is 2. The number of rotatable bonds is 4. The van der Waals surface area contributed by atoms with Gasteiger partial charge >= 0.3 is 0 Å². The molecule has 0 saturated carbocycles. The van der Waals surface area contributed by atoms with Crippen LogP contribution in [0.2, 0.25) is 0 Å². The Hall–Kier alpha value is -3.67. The molecule has 2 N–H and O–H groups in total. The maximum Gasteiger partial charge on any atom is 0.165 e. The van der Waals surface area contributed by atoms with Crippen molar-refractivity contribution in [3.05, 3.63) is 36.7 Å². The summed E-state index contributed by atoms with van der Waals surface area (Å²) in [4.78, 5) is 9.01. The lowest BCUT2D eigenvalue weighted by atomic mass is 10.3. The fourth-order valence-corrected chi connectivity index (χ4v) is 2.54. The zero-order valence-corrected chi connectivity index (χ0v) is 13.6. The molecule has 9 heteroatoms. The molecule has 0 saturated heterocycles. The molecule has 0 aliphatic rings. The van der Waals surface area contributed by atoms with Gasteiger partial charge in [-0.3, -0.25) is 9.78 Å². The predicted octanol–water partition coefficient (Wildman–Crippen LogP) is 3.01. The number of aromatic nitrogens is 6. The third-order valence-corrected chi connectivity index (χ3v) is 3.72. The van der Waals surface area contributed by atoms with Crippen molar-refractivity contribution in [1.82, 2.24) is 29.9 Å². The number of hydrogen-bond acceptors (Lipinski definition) is 7. The van der Waals surface area contributed by atoms with Crippen molar-refractivity contribution in [2.75, 3.05) is 5.32 Å². The van der Waals surface area contributed by atoms with Crippen LogP contribution in [0, 0.1) is 11.3 Å². The molecular weight excluding hydrogens is 320 g/mol.